The summed E-state index contributed by atoms with van der Waals surface area (Å²) in [5.74, 6) is -0.951. The van der Waals surface area contributed by atoms with Gasteiger partial charge in [0.25, 0.3) is 0 Å². The lowest BCUT2D eigenvalue weighted by Crippen LogP contribution is -2.38. The van der Waals surface area contributed by atoms with E-state index in [1.165, 1.54) is 11.0 Å². The number of nitrogens with one attached hydrogen (secondary N) is 1. The van der Waals surface area contributed by atoms with Gasteiger partial charge in [0.05, 0.1) is 6.54 Å². The number of nitrogens with two attached hydrogens (primary N) is 1. The average molecular weight is 319 g/mol. The van der Waals surface area contributed by atoms with E-state index in [1.54, 1.807) is 0 Å². The molecule has 0 aliphatic carbocycles. The Kier molecular flexibility index (Phi) is 4.43. The minimum atomic E-state index is -4.17. The molecule has 3 N–H and O–H groups in total. The largest absolute Gasteiger partial charge is 0.334 e. The summed E-state index contributed by atoms with van der Waals surface area (Å²) in [5, 5.41) is 7.41. The zero-order valence-corrected chi connectivity index (χ0v) is 11.9. The second-order valence-corrected chi connectivity index (χ2v) is 6.33. The quantitative estimate of drug-likeness (QED) is 0.860. The van der Waals surface area contributed by atoms with E-state index < -0.39 is 32.9 Å². The lowest BCUT2D eigenvalue weighted by molar-refractivity contribution is 0.204. The summed E-state index contributed by atoms with van der Waals surface area (Å²) < 4.78 is 48.7. The van der Waals surface area contributed by atoms with Crippen molar-refractivity contribution in [3.05, 3.63) is 29.6 Å². The van der Waals surface area contributed by atoms with Crippen LogP contribution in [0.3, 0.4) is 0 Å². The van der Waals surface area contributed by atoms with Crippen molar-refractivity contribution in [3.63, 3.8) is 0 Å². The monoisotopic (exact) mass is 319 g/mol. The van der Waals surface area contributed by atoms with Crippen molar-refractivity contribution >= 4 is 16.1 Å². The number of carbonyl (C=O) groups excluding carboxylic acids is 1. The van der Waals surface area contributed by atoms with Crippen molar-refractivity contribution in [2.75, 3.05) is 13.1 Å². The molecule has 1 aromatic rings. The molecule has 0 spiro atoms. The molecule has 21 heavy (non-hydrogen) atoms. The standard InChI is InChI=1S/C12H15F2N3O3S/c13-9-3-4-17(7-9)12(18)16-6-8-1-2-10(14)11(5-8)21(15,19)20/h1-2,5,9H,3-4,6-7H2,(H,16,18)(H2,15,19,20)/t9-/m1/s1. The lowest BCUT2D eigenvalue weighted by atomic mass is 10.2. The number of rotatable bonds is 3. The Bertz CT molecular complexity index is 651. The number of primary sulfonamides is 1. The van der Waals surface area contributed by atoms with E-state index in [-0.39, 0.29) is 13.1 Å². The first kappa shape index (κ1) is 15.6. The highest BCUT2D eigenvalue weighted by Crippen LogP contribution is 2.15. The summed E-state index contributed by atoms with van der Waals surface area (Å²) >= 11 is 0. The number of amides is 2. The van der Waals surface area contributed by atoms with Gasteiger partial charge < -0.3 is 10.2 Å². The number of alkyl halides is 1. The molecule has 0 aromatic heterocycles. The van der Waals surface area contributed by atoms with Crippen molar-refractivity contribution in [1.29, 1.82) is 0 Å². The second-order valence-electron chi connectivity index (χ2n) is 4.80. The Balaban J connectivity index is 2.02. The van der Waals surface area contributed by atoms with Gasteiger partial charge in [-0.25, -0.2) is 27.1 Å². The summed E-state index contributed by atoms with van der Waals surface area (Å²) in [6.45, 7) is 0.367. The van der Waals surface area contributed by atoms with E-state index >= 15 is 0 Å². The highest BCUT2D eigenvalue weighted by molar-refractivity contribution is 7.89. The zero-order chi connectivity index (χ0) is 15.6. The first-order valence-electron chi connectivity index (χ1n) is 6.25. The molecule has 0 radical (unpaired) electrons. The van der Waals surface area contributed by atoms with Crippen molar-refractivity contribution < 1.29 is 22.0 Å². The molecule has 1 atom stereocenters. The first-order chi connectivity index (χ1) is 9.77. The smallest absolute Gasteiger partial charge is 0.317 e. The van der Waals surface area contributed by atoms with Gasteiger partial charge in [-0.2, -0.15) is 0 Å². The van der Waals surface area contributed by atoms with Crippen molar-refractivity contribution in [1.82, 2.24) is 10.2 Å². The Morgan fingerprint density at radius 3 is 2.76 bits per heavy atom. The molecule has 0 unspecified atom stereocenters. The van der Waals surface area contributed by atoms with Gasteiger partial charge in [0.1, 0.15) is 16.9 Å². The van der Waals surface area contributed by atoms with Crippen LogP contribution in [0.2, 0.25) is 0 Å². The maximum atomic E-state index is 13.4. The molecular weight excluding hydrogens is 304 g/mol. The molecule has 1 saturated heterocycles. The van der Waals surface area contributed by atoms with Gasteiger partial charge in [0.15, 0.2) is 0 Å². The van der Waals surface area contributed by atoms with Crippen LogP contribution in [0, 0.1) is 5.82 Å². The predicted molar refractivity (Wildman–Crippen MR) is 71.1 cm³/mol. The fourth-order valence-corrected chi connectivity index (χ4v) is 2.72. The summed E-state index contributed by atoms with van der Waals surface area (Å²) in [7, 11) is -4.17. The molecule has 0 bridgehead atoms. The predicted octanol–water partition coefficient (Wildman–Crippen LogP) is 0.727. The molecule has 1 fully saturated rings. The zero-order valence-electron chi connectivity index (χ0n) is 11.1. The summed E-state index contributed by atoms with van der Waals surface area (Å²) in [6, 6.07) is 2.92. The second kappa shape index (κ2) is 5.94. The summed E-state index contributed by atoms with van der Waals surface area (Å²) in [5.41, 5.74) is 0.379. The molecule has 9 heteroatoms. The number of carbonyl (C=O) groups is 1. The summed E-state index contributed by atoms with van der Waals surface area (Å²) in [6.07, 6.45) is -0.713. The minimum absolute atomic E-state index is 0.00488. The topological polar surface area (TPSA) is 92.5 Å². The molecule has 0 saturated carbocycles. The molecule has 1 aromatic carbocycles. The third-order valence-corrected chi connectivity index (χ3v) is 4.09. The highest BCUT2D eigenvalue weighted by atomic mass is 32.2. The molecule has 6 nitrogen and oxygen atoms in total. The van der Waals surface area contributed by atoms with Crippen LogP contribution >= 0.6 is 0 Å². The van der Waals surface area contributed by atoms with Crippen LogP contribution in [0.1, 0.15) is 12.0 Å². The van der Waals surface area contributed by atoms with Crippen LogP contribution in [0.5, 0.6) is 0 Å². The van der Waals surface area contributed by atoms with Gasteiger partial charge in [0.2, 0.25) is 10.0 Å². The number of likely N-dealkylation sites (tertiary alicyclic amines) is 1. The van der Waals surface area contributed by atoms with Crippen molar-refractivity contribution in [3.8, 4) is 0 Å². The first-order valence-corrected chi connectivity index (χ1v) is 7.80. The lowest BCUT2D eigenvalue weighted by Gasteiger charge is -2.16. The van der Waals surface area contributed by atoms with E-state index in [1.807, 2.05) is 0 Å². The van der Waals surface area contributed by atoms with Crippen LogP contribution in [-0.4, -0.2) is 38.6 Å². The van der Waals surface area contributed by atoms with Gasteiger partial charge in [-0.15, -0.1) is 0 Å². The fourth-order valence-electron chi connectivity index (χ4n) is 2.07. The number of sulfonamides is 1. The van der Waals surface area contributed by atoms with Crippen molar-refractivity contribution in [2.45, 2.75) is 24.0 Å². The van der Waals surface area contributed by atoms with Gasteiger partial charge in [-0.3, -0.25) is 0 Å². The van der Waals surface area contributed by atoms with E-state index in [4.69, 9.17) is 5.14 Å². The average Bonchev–Trinajstić information content (AvgIpc) is 2.83. The van der Waals surface area contributed by atoms with E-state index in [0.29, 0.717) is 18.5 Å². The van der Waals surface area contributed by atoms with Gasteiger partial charge in [-0.05, 0) is 24.1 Å². The number of benzene rings is 1. The Morgan fingerprint density at radius 1 is 1.48 bits per heavy atom. The maximum Gasteiger partial charge on any atom is 0.317 e. The van der Waals surface area contributed by atoms with E-state index in [9.17, 15) is 22.0 Å². The van der Waals surface area contributed by atoms with Crippen LogP contribution in [-0.2, 0) is 16.6 Å². The molecule has 1 aliphatic rings. The Hall–Kier alpha value is -1.74. The molecule has 2 amide bonds. The third kappa shape index (κ3) is 3.88. The molecule has 2 rings (SSSR count). The fraction of sp³-hybridized carbons (Fsp3) is 0.417. The molecule has 1 aliphatic heterocycles. The summed E-state index contributed by atoms with van der Waals surface area (Å²) in [4.78, 5) is 12.4. The Morgan fingerprint density at radius 2 is 2.19 bits per heavy atom. The van der Waals surface area contributed by atoms with E-state index in [2.05, 4.69) is 5.32 Å². The highest BCUT2D eigenvalue weighted by Gasteiger charge is 2.25. The van der Waals surface area contributed by atoms with Crippen LogP contribution in [0.4, 0.5) is 13.6 Å². The number of hydrogen-bond acceptors (Lipinski definition) is 3. The van der Waals surface area contributed by atoms with Gasteiger partial charge >= 0.3 is 6.03 Å². The SMILES string of the molecule is NS(=O)(=O)c1cc(CNC(=O)N2CC[C@@H](F)C2)ccc1F. The van der Waals surface area contributed by atoms with Gasteiger partial charge in [0, 0.05) is 13.1 Å². The van der Waals surface area contributed by atoms with Gasteiger partial charge in [-0.1, -0.05) is 6.07 Å². The Labute approximate surface area is 121 Å². The van der Waals surface area contributed by atoms with Crippen molar-refractivity contribution in [2.24, 2.45) is 5.14 Å². The molecular formula is C12H15F2N3O3S. The number of hydrogen-bond donors (Lipinski definition) is 2. The number of urea groups is 1. The third-order valence-electron chi connectivity index (χ3n) is 3.16. The van der Waals surface area contributed by atoms with E-state index in [0.717, 1.165) is 12.1 Å². The number of halogens is 2. The molecule has 116 valence electrons. The minimum Gasteiger partial charge on any atom is -0.334 e. The number of nitrogens with zero attached hydrogens (tertiary/aromatic N) is 1. The normalized spacial score (nSPS) is 18.8. The van der Waals surface area contributed by atoms with Crippen LogP contribution in [0.25, 0.3) is 0 Å². The van der Waals surface area contributed by atoms with Crippen LogP contribution in [0.15, 0.2) is 23.1 Å². The maximum absolute atomic E-state index is 13.4. The van der Waals surface area contributed by atoms with Crippen LogP contribution < -0.4 is 10.5 Å². The molecule has 1 heterocycles.